The van der Waals surface area contributed by atoms with E-state index in [2.05, 4.69) is 0 Å². The Morgan fingerprint density at radius 1 is 0.737 bits per heavy atom. The fourth-order valence-corrected chi connectivity index (χ4v) is 6.11. The maximum Gasteiger partial charge on any atom is 0.282 e. The smallest absolute Gasteiger partial charge is 0.195 e. The van der Waals surface area contributed by atoms with Crippen molar-refractivity contribution < 1.29 is 8.42 Å². The van der Waals surface area contributed by atoms with Crippen molar-refractivity contribution >= 4 is 10.2 Å². The molecule has 0 N–H and O–H groups in total. The molecule has 110 valence electrons. The summed E-state index contributed by atoms with van der Waals surface area (Å²) in [6.45, 7) is 2.21. The van der Waals surface area contributed by atoms with Crippen LogP contribution in [0.5, 0.6) is 0 Å². The minimum Gasteiger partial charge on any atom is -0.195 e. The summed E-state index contributed by atoms with van der Waals surface area (Å²) in [5.41, 5.74) is 0. The van der Waals surface area contributed by atoms with Crippen LogP contribution in [-0.4, -0.2) is 42.7 Å². The first-order chi connectivity index (χ1) is 9.19. The first-order valence-electron chi connectivity index (χ1n) is 7.96. The van der Waals surface area contributed by atoms with Crippen LogP contribution in [0.1, 0.15) is 57.8 Å². The molecular weight excluding hydrogens is 260 g/mol. The Balaban J connectivity index is 1.74. The van der Waals surface area contributed by atoms with Gasteiger partial charge < -0.3 is 0 Å². The largest absolute Gasteiger partial charge is 0.282 e. The third-order valence-corrected chi connectivity index (χ3v) is 7.19. The molecule has 0 aromatic heterocycles. The Labute approximate surface area is 117 Å². The summed E-state index contributed by atoms with van der Waals surface area (Å²) in [7, 11) is -3.17. The number of hydrogen-bond donors (Lipinski definition) is 0. The molecule has 0 bridgehead atoms. The molecule has 1 saturated carbocycles. The standard InChI is InChI=1S/C14H26N2O2S/c17-19(18,15-10-4-5-11-15)16-12-6-9-14(16)13-7-2-1-3-8-13/h13-14H,1-12H2/t14-/m0/s1. The molecule has 0 radical (unpaired) electrons. The average Bonchev–Trinajstić information content (AvgIpc) is 3.11. The highest BCUT2D eigenvalue weighted by Gasteiger charge is 2.42. The van der Waals surface area contributed by atoms with Crippen molar-refractivity contribution in [3.05, 3.63) is 0 Å². The zero-order valence-corrected chi connectivity index (χ0v) is 12.6. The zero-order valence-electron chi connectivity index (χ0n) is 11.8. The van der Waals surface area contributed by atoms with E-state index in [9.17, 15) is 8.42 Å². The molecule has 1 atom stereocenters. The third kappa shape index (κ3) is 2.69. The van der Waals surface area contributed by atoms with Gasteiger partial charge >= 0.3 is 0 Å². The molecule has 19 heavy (non-hydrogen) atoms. The van der Waals surface area contributed by atoms with Crippen molar-refractivity contribution in [3.8, 4) is 0 Å². The molecule has 2 aliphatic heterocycles. The van der Waals surface area contributed by atoms with Crippen LogP contribution < -0.4 is 0 Å². The summed E-state index contributed by atoms with van der Waals surface area (Å²) in [5, 5.41) is 0. The van der Waals surface area contributed by atoms with Crippen LogP contribution in [0.25, 0.3) is 0 Å². The molecule has 2 heterocycles. The number of nitrogens with zero attached hydrogens (tertiary/aromatic N) is 2. The first kappa shape index (κ1) is 13.8. The minimum absolute atomic E-state index is 0.297. The monoisotopic (exact) mass is 286 g/mol. The zero-order chi connectivity index (χ0) is 13.3. The molecule has 0 amide bonds. The Morgan fingerprint density at radius 3 is 2.11 bits per heavy atom. The summed E-state index contributed by atoms with van der Waals surface area (Å²) < 4.78 is 29.1. The van der Waals surface area contributed by atoms with E-state index in [-0.39, 0.29) is 0 Å². The van der Waals surface area contributed by atoms with Gasteiger partial charge in [0.1, 0.15) is 0 Å². The fraction of sp³-hybridized carbons (Fsp3) is 1.00. The number of rotatable bonds is 3. The average molecular weight is 286 g/mol. The van der Waals surface area contributed by atoms with Crippen LogP contribution >= 0.6 is 0 Å². The maximum atomic E-state index is 12.7. The van der Waals surface area contributed by atoms with E-state index >= 15 is 0 Å². The molecule has 4 nitrogen and oxygen atoms in total. The van der Waals surface area contributed by atoms with Gasteiger partial charge in [-0.05, 0) is 44.4 Å². The van der Waals surface area contributed by atoms with Crippen molar-refractivity contribution in [2.24, 2.45) is 5.92 Å². The van der Waals surface area contributed by atoms with Gasteiger partial charge in [0.2, 0.25) is 0 Å². The third-order valence-electron chi connectivity index (χ3n) is 5.13. The molecule has 3 rings (SSSR count). The predicted molar refractivity (Wildman–Crippen MR) is 76.0 cm³/mol. The molecule has 0 aromatic carbocycles. The van der Waals surface area contributed by atoms with Crippen molar-refractivity contribution in [3.63, 3.8) is 0 Å². The Morgan fingerprint density at radius 2 is 1.42 bits per heavy atom. The van der Waals surface area contributed by atoms with Crippen LogP contribution in [0, 0.1) is 5.92 Å². The highest BCUT2D eigenvalue weighted by Crippen LogP contribution is 2.36. The van der Waals surface area contributed by atoms with Gasteiger partial charge in [-0.15, -0.1) is 0 Å². The summed E-state index contributed by atoms with van der Waals surface area (Å²) >= 11 is 0. The molecule has 0 spiro atoms. The molecule has 0 aromatic rings. The van der Waals surface area contributed by atoms with E-state index in [4.69, 9.17) is 0 Å². The Kier molecular flexibility index (Phi) is 4.15. The lowest BCUT2D eigenvalue weighted by Gasteiger charge is -2.35. The van der Waals surface area contributed by atoms with Gasteiger partial charge in [0.05, 0.1) is 0 Å². The summed E-state index contributed by atoms with van der Waals surface area (Å²) in [6.07, 6.45) is 10.6. The number of hydrogen-bond acceptors (Lipinski definition) is 2. The van der Waals surface area contributed by atoms with Crippen molar-refractivity contribution in [2.45, 2.75) is 63.8 Å². The fourth-order valence-electron chi connectivity index (χ4n) is 4.11. The maximum absolute atomic E-state index is 12.7. The van der Waals surface area contributed by atoms with E-state index in [1.807, 2.05) is 4.31 Å². The second-order valence-corrected chi connectivity index (χ2v) is 8.21. The minimum atomic E-state index is -3.17. The molecular formula is C14H26N2O2S. The lowest BCUT2D eigenvalue weighted by atomic mass is 9.83. The molecule has 3 fully saturated rings. The second-order valence-electron chi connectivity index (χ2n) is 6.33. The molecule has 5 heteroatoms. The lowest BCUT2D eigenvalue weighted by Crippen LogP contribution is -2.47. The van der Waals surface area contributed by atoms with Crippen molar-refractivity contribution in [1.82, 2.24) is 8.61 Å². The van der Waals surface area contributed by atoms with Crippen LogP contribution in [0.4, 0.5) is 0 Å². The SMILES string of the molecule is O=S(=O)(N1CCCC1)N1CCC[C@H]1C1CCCCC1. The van der Waals surface area contributed by atoms with E-state index < -0.39 is 10.2 Å². The quantitative estimate of drug-likeness (QED) is 0.799. The van der Waals surface area contributed by atoms with Gasteiger partial charge in [0, 0.05) is 25.7 Å². The van der Waals surface area contributed by atoms with E-state index in [1.54, 1.807) is 4.31 Å². The Bertz CT molecular complexity index is 398. The van der Waals surface area contributed by atoms with E-state index in [1.165, 1.54) is 32.1 Å². The molecule has 1 aliphatic carbocycles. The summed E-state index contributed by atoms with van der Waals surface area (Å²) in [5.74, 6) is 0.619. The summed E-state index contributed by atoms with van der Waals surface area (Å²) in [4.78, 5) is 0. The summed E-state index contributed by atoms with van der Waals surface area (Å²) in [6, 6.07) is 0.297. The topological polar surface area (TPSA) is 40.6 Å². The van der Waals surface area contributed by atoms with Gasteiger partial charge in [0.25, 0.3) is 10.2 Å². The Hall–Kier alpha value is -0.130. The van der Waals surface area contributed by atoms with Gasteiger partial charge in [-0.2, -0.15) is 17.0 Å². The highest BCUT2D eigenvalue weighted by molar-refractivity contribution is 7.86. The highest BCUT2D eigenvalue weighted by atomic mass is 32.2. The van der Waals surface area contributed by atoms with Gasteiger partial charge in [-0.3, -0.25) is 0 Å². The van der Waals surface area contributed by atoms with Crippen LogP contribution in [-0.2, 0) is 10.2 Å². The normalized spacial score (nSPS) is 32.1. The van der Waals surface area contributed by atoms with E-state index in [0.29, 0.717) is 12.0 Å². The predicted octanol–water partition coefficient (Wildman–Crippen LogP) is 2.37. The second kappa shape index (κ2) is 5.70. The van der Waals surface area contributed by atoms with Gasteiger partial charge in [0.15, 0.2) is 0 Å². The van der Waals surface area contributed by atoms with Crippen LogP contribution in [0.15, 0.2) is 0 Å². The molecule has 3 aliphatic rings. The lowest BCUT2D eigenvalue weighted by molar-refractivity contribution is 0.218. The van der Waals surface area contributed by atoms with Crippen molar-refractivity contribution in [2.75, 3.05) is 19.6 Å². The van der Waals surface area contributed by atoms with Gasteiger partial charge in [-0.25, -0.2) is 0 Å². The van der Waals surface area contributed by atoms with Crippen molar-refractivity contribution in [1.29, 1.82) is 0 Å². The van der Waals surface area contributed by atoms with Crippen LogP contribution in [0.3, 0.4) is 0 Å². The van der Waals surface area contributed by atoms with E-state index in [0.717, 1.165) is 45.3 Å². The molecule has 2 saturated heterocycles. The molecule has 0 unspecified atom stereocenters. The van der Waals surface area contributed by atoms with Gasteiger partial charge in [-0.1, -0.05) is 19.3 Å². The van der Waals surface area contributed by atoms with Crippen LogP contribution in [0.2, 0.25) is 0 Å². The first-order valence-corrected chi connectivity index (χ1v) is 9.36.